The van der Waals surface area contributed by atoms with Gasteiger partial charge in [0.05, 0.1) is 0 Å². The van der Waals surface area contributed by atoms with E-state index in [4.69, 9.17) is 12.6 Å². The maximum Gasteiger partial charge on any atom is 0.00168 e. The molecule has 0 fully saturated rings. The highest BCUT2D eigenvalue weighted by molar-refractivity contribution is 7.80. The van der Waals surface area contributed by atoms with Gasteiger partial charge in [-0.1, -0.05) is 110 Å². The number of hydrogen-bond acceptors (Lipinski definition) is 1. The van der Waals surface area contributed by atoms with E-state index in [9.17, 15) is 0 Å². The molecule has 0 radical (unpaired) electrons. The van der Waals surface area contributed by atoms with E-state index in [1.165, 1.54) is 109 Å². The highest BCUT2D eigenvalue weighted by Gasteiger charge is 2.02. The van der Waals surface area contributed by atoms with Crippen molar-refractivity contribution in [2.24, 2.45) is 0 Å². The van der Waals surface area contributed by atoms with E-state index in [-0.39, 0.29) is 0 Å². The summed E-state index contributed by atoms with van der Waals surface area (Å²) in [6.45, 7) is 4.58. The van der Waals surface area contributed by atoms with Gasteiger partial charge in [-0.05, 0) is 12.8 Å². The fourth-order valence-electron chi connectivity index (χ4n) is 3.00. The lowest BCUT2D eigenvalue weighted by Crippen LogP contribution is -1.98. The molecule has 0 aliphatic rings. The summed E-state index contributed by atoms with van der Waals surface area (Å²) in [4.78, 5) is 0. The molecule has 0 saturated carbocycles. The Kier molecular flexibility index (Phi) is 18.7. The minimum atomic E-state index is 0.667. The predicted molar refractivity (Wildman–Crippen MR) is 103 cm³/mol. The first-order valence-electron chi connectivity index (χ1n) is 9.99. The first-order valence-corrected chi connectivity index (χ1v) is 10.5. The maximum absolute atomic E-state index is 4.76. The highest BCUT2D eigenvalue weighted by Crippen LogP contribution is 2.18. The zero-order chi connectivity index (χ0) is 15.6. The van der Waals surface area contributed by atoms with E-state index in [1.807, 2.05) is 0 Å². The molecule has 1 heteroatoms. The molecule has 0 nitrogen and oxygen atoms in total. The Labute approximate surface area is 141 Å². The van der Waals surface area contributed by atoms with Gasteiger partial charge >= 0.3 is 0 Å². The molecule has 0 N–H and O–H groups in total. The van der Waals surface area contributed by atoms with Crippen molar-refractivity contribution in [1.29, 1.82) is 0 Å². The van der Waals surface area contributed by atoms with Crippen LogP contribution in [0.4, 0.5) is 0 Å². The molecule has 0 aromatic heterocycles. The average molecular weight is 315 g/mol. The smallest absolute Gasteiger partial charge is 0.00168 e. The van der Waals surface area contributed by atoms with Crippen LogP contribution < -0.4 is 0 Å². The third-order valence-corrected chi connectivity index (χ3v) is 5.05. The maximum atomic E-state index is 4.76. The van der Waals surface area contributed by atoms with Gasteiger partial charge in [-0.2, -0.15) is 12.6 Å². The van der Waals surface area contributed by atoms with Crippen molar-refractivity contribution in [2.45, 2.75) is 128 Å². The first kappa shape index (κ1) is 21.4. The van der Waals surface area contributed by atoms with Gasteiger partial charge < -0.3 is 0 Å². The monoisotopic (exact) mass is 314 g/mol. The van der Waals surface area contributed by atoms with Crippen LogP contribution >= 0.6 is 12.6 Å². The zero-order valence-electron chi connectivity index (χ0n) is 15.0. The largest absolute Gasteiger partial charge is 0.176 e. The van der Waals surface area contributed by atoms with Crippen molar-refractivity contribution in [3.63, 3.8) is 0 Å². The molecule has 21 heavy (non-hydrogen) atoms. The molecule has 0 aromatic carbocycles. The third-order valence-electron chi connectivity index (χ3n) is 4.53. The van der Waals surface area contributed by atoms with E-state index >= 15 is 0 Å². The number of thiol groups is 1. The Hall–Kier alpha value is 0.350. The summed E-state index contributed by atoms with van der Waals surface area (Å²) in [5.74, 6) is 0. The van der Waals surface area contributed by atoms with Gasteiger partial charge in [0, 0.05) is 5.25 Å². The Morgan fingerprint density at radius 3 is 1.10 bits per heavy atom. The second-order valence-electron chi connectivity index (χ2n) is 6.83. The average Bonchev–Trinajstić information content (AvgIpc) is 2.49. The Morgan fingerprint density at radius 2 is 0.762 bits per heavy atom. The summed E-state index contributed by atoms with van der Waals surface area (Å²) in [7, 11) is 0. The lowest BCUT2D eigenvalue weighted by Gasteiger charge is -2.10. The summed E-state index contributed by atoms with van der Waals surface area (Å²) < 4.78 is 0. The van der Waals surface area contributed by atoms with Crippen molar-refractivity contribution in [1.82, 2.24) is 0 Å². The van der Waals surface area contributed by atoms with Crippen LogP contribution in [0.2, 0.25) is 0 Å². The minimum Gasteiger partial charge on any atom is -0.176 e. The van der Waals surface area contributed by atoms with E-state index in [0.29, 0.717) is 5.25 Å². The molecule has 0 aliphatic carbocycles. The van der Waals surface area contributed by atoms with Gasteiger partial charge in [0.15, 0.2) is 0 Å². The zero-order valence-corrected chi connectivity index (χ0v) is 15.9. The molecule has 128 valence electrons. The minimum absolute atomic E-state index is 0.667. The standard InChI is InChI=1S/C20H42S/c1-3-5-7-9-11-13-15-17-19-20(21)18-16-14-12-10-8-6-4-2/h20-21H,3-19H2,1-2H3. The fourth-order valence-corrected chi connectivity index (χ4v) is 3.36. The summed E-state index contributed by atoms with van der Waals surface area (Å²) in [6.07, 6.45) is 24.1. The molecule has 0 aliphatic heterocycles. The second-order valence-corrected chi connectivity index (χ2v) is 7.56. The molecule has 0 saturated heterocycles. The van der Waals surface area contributed by atoms with Crippen LogP contribution in [0.25, 0.3) is 0 Å². The van der Waals surface area contributed by atoms with Gasteiger partial charge in [-0.3, -0.25) is 0 Å². The Bertz CT molecular complexity index is 179. The number of unbranched alkanes of at least 4 members (excludes halogenated alkanes) is 13. The van der Waals surface area contributed by atoms with Gasteiger partial charge in [-0.15, -0.1) is 0 Å². The molecule has 0 spiro atoms. The molecule has 0 rings (SSSR count). The summed E-state index contributed by atoms with van der Waals surface area (Å²) in [6, 6.07) is 0. The Balaban J connectivity index is 3.11. The van der Waals surface area contributed by atoms with E-state index in [1.54, 1.807) is 0 Å². The molecule has 1 unspecified atom stereocenters. The SMILES string of the molecule is CCCCCCCCCCC(S)CCCCCCCCC. The highest BCUT2D eigenvalue weighted by atomic mass is 32.1. The van der Waals surface area contributed by atoms with Crippen LogP contribution in [0.15, 0.2) is 0 Å². The van der Waals surface area contributed by atoms with Crippen LogP contribution in [-0.2, 0) is 0 Å². The van der Waals surface area contributed by atoms with Crippen LogP contribution in [0.5, 0.6) is 0 Å². The van der Waals surface area contributed by atoms with Gasteiger partial charge in [-0.25, -0.2) is 0 Å². The summed E-state index contributed by atoms with van der Waals surface area (Å²) >= 11 is 4.76. The normalized spacial score (nSPS) is 12.7. The Morgan fingerprint density at radius 1 is 0.476 bits per heavy atom. The van der Waals surface area contributed by atoms with Crippen LogP contribution in [0.1, 0.15) is 123 Å². The molecule has 0 heterocycles. The number of hydrogen-bond donors (Lipinski definition) is 1. The van der Waals surface area contributed by atoms with Gasteiger partial charge in [0.2, 0.25) is 0 Å². The fraction of sp³-hybridized carbons (Fsp3) is 1.00. The van der Waals surface area contributed by atoms with Crippen molar-refractivity contribution in [3.8, 4) is 0 Å². The first-order chi connectivity index (χ1) is 10.3. The van der Waals surface area contributed by atoms with Crippen LogP contribution in [-0.4, -0.2) is 5.25 Å². The van der Waals surface area contributed by atoms with Crippen molar-refractivity contribution in [3.05, 3.63) is 0 Å². The molecular weight excluding hydrogens is 272 g/mol. The molecule has 0 bridgehead atoms. The van der Waals surface area contributed by atoms with E-state index < -0.39 is 0 Å². The molecule has 1 atom stereocenters. The summed E-state index contributed by atoms with van der Waals surface area (Å²) in [5, 5.41) is 0.667. The number of rotatable bonds is 17. The predicted octanol–water partition coefficient (Wildman–Crippen LogP) is 7.96. The molecule has 0 amide bonds. The quantitative estimate of drug-likeness (QED) is 0.204. The van der Waals surface area contributed by atoms with Crippen LogP contribution in [0.3, 0.4) is 0 Å². The lowest BCUT2D eigenvalue weighted by atomic mass is 10.0. The summed E-state index contributed by atoms with van der Waals surface area (Å²) in [5.41, 5.74) is 0. The van der Waals surface area contributed by atoms with Gasteiger partial charge in [0.25, 0.3) is 0 Å². The van der Waals surface area contributed by atoms with Gasteiger partial charge in [0.1, 0.15) is 0 Å². The van der Waals surface area contributed by atoms with E-state index in [0.717, 1.165) is 0 Å². The molecular formula is C20H42S. The second kappa shape index (κ2) is 18.4. The topological polar surface area (TPSA) is 0 Å². The van der Waals surface area contributed by atoms with Crippen molar-refractivity contribution >= 4 is 12.6 Å². The van der Waals surface area contributed by atoms with Crippen molar-refractivity contribution < 1.29 is 0 Å². The lowest BCUT2D eigenvalue weighted by molar-refractivity contribution is 0.534. The molecule has 0 aromatic rings. The third kappa shape index (κ3) is 18.3. The van der Waals surface area contributed by atoms with Crippen LogP contribution in [0, 0.1) is 0 Å². The van der Waals surface area contributed by atoms with Crippen molar-refractivity contribution in [2.75, 3.05) is 0 Å². The van der Waals surface area contributed by atoms with E-state index in [2.05, 4.69) is 13.8 Å².